The molecule has 1 N–H and O–H groups in total. The van der Waals surface area contributed by atoms with Crippen molar-refractivity contribution in [3.63, 3.8) is 0 Å². The van der Waals surface area contributed by atoms with Gasteiger partial charge in [0, 0.05) is 20.1 Å². The van der Waals surface area contributed by atoms with Gasteiger partial charge in [0.25, 0.3) is 5.91 Å². The van der Waals surface area contributed by atoms with Crippen molar-refractivity contribution < 1.29 is 17.9 Å². The van der Waals surface area contributed by atoms with Crippen LogP contribution in [0.3, 0.4) is 0 Å². The number of nitrogens with one attached hydrogen (secondary N) is 1. The fourth-order valence-electron chi connectivity index (χ4n) is 1.53. The molecule has 0 atom stereocenters. The van der Waals surface area contributed by atoms with Gasteiger partial charge >= 0.3 is 0 Å². The SMILES string of the molecule is COc1ccccc1C(=O)N(C)CCNS(C)(=O)=O. The largest absolute Gasteiger partial charge is 0.496 e. The zero-order valence-corrected chi connectivity index (χ0v) is 12.0. The van der Waals surface area contributed by atoms with Gasteiger partial charge in [0.15, 0.2) is 0 Å². The molecule has 0 spiro atoms. The van der Waals surface area contributed by atoms with Crippen LogP contribution in [-0.2, 0) is 10.0 Å². The summed E-state index contributed by atoms with van der Waals surface area (Å²) >= 11 is 0. The van der Waals surface area contributed by atoms with Crippen molar-refractivity contribution in [2.45, 2.75) is 0 Å². The number of amides is 1. The molecule has 6 nitrogen and oxygen atoms in total. The van der Waals surface area contributed by atoms with Crippen molar-refractivity contribution in [2.75, 3.05) is 33.5 Å². The highest BCUT2D eigenvalue weighted by Gasteiger charge is 2.15. The first-order valence-corrected chi connectivity index (χ1v) is 7.57. The molecule has 0 fully saturated rings. The molecule has 1 rings (SSSR count). The van der Waals surface area contributed by atoms with Gasteiger partial charge in [0.2, 0.25) is 10.0 Å². The summed E-state index contributed by atoms with van der Waals surface area (Å²) in [5.41, 5.74) is 0.451. The Kier molecular flexibility index (Phi) is 5.31. The van der Waals surface area contributed by atoms with Crippen molar-refractivity contribution in [1.29, 1.82) is 0 Å². The van der Waals surface area contributed by atoms with E-state index in [-0.39, 0.29) is 19.0 Å². The van der Waals surface area contributed by atoms with Crippen LogP contribution in [0.5, 0.6) is 5.75 Å². The first kappa shape index (κ1) is 15.5. The highest BCUT2D eigenvalue weighted by Crippen LogP contribution is 2.18. The molecule has 0 heterocycles. The van der Waals surface area contributed by atoms with Crippen LogP contribution in [0.4, 0.5) is 0 Å². The lowest BCUT2D eigenvalue weighted by atomic mass is 10.2. The van der Waals surface area contributed by atoms with Crippen LogP contribution < -0.4 is 9.46 Å². The molecule has 19 heavy (non-hydrogen) atoms. The molecule has 0 bridgehead atoms. The Balaban J connectivity index is 2.67. The summed E-state index contributed by atoms with van der Waals surface area (Å²) < 4.78 is 29.3. The summed E-state index contributed by atoms with van der Waals surface area (Å²) in [6.07, 6.45) is 1.08. The lowest BCUT2D eigenvalue weighted by Crippen LogP contribution is -2.35. The van der Waals surface area contributed by atoms with E-state index in [4.69, 9.17) is 4.74 Å². The third-order valence-corrected chi connectivity index (χ3v) is 3.22. The van der Waals surface area contributed by atoms with Crippen LogP contribution in [0.1, 0.15) is 10.4 Å². The highest BCUT2D eigenvalue weighted by molar-refractivity contribution is 7.88. The second-order valence-electron chi connectivity index (χ2n) is 4.09. The molecule has 1 aromatic carbocycles. The molecular formula is C12H18N2O4S. The summed E-state index contributed by atoms with van der Waals surface area (Å²) in [5.74, 6) is 0.281. The van der Waals surface area contributed by atoms with E-state index in [1.54, 1.807) is 31.3 Å². The van der Waals surface area contributed by atoms with E-state index in [0.29, 0.717) is 11.3 Å². The number of likely N-dealkylation sites (N-methyl/N-ethyl adjacent to an activating group) is 1. The van der Waals surface area contributed by atoms with Crippen molar-refractivity contribution in [1.82, 2.24) is 9.62 Å². The number of carbonyl (C=O) groups is 1. The van der Waals surface area contributed by atoms with Gasteiger partial charge in [-0.15, -0.1) is 0 Å². The number of ether oxygens (including phenoxy) is 1. The van der Waals surface area contributed by atoms with Crippen LogP contribution in [0, 0.1) is 0 Å². The monoisotopic (exact) mass is 286 g/mol. The van der Waals surface area contributed by atoms with Crippen LogP contribution in [0.2, 0.25) is 0 Å². The molecule has 0 unspecified atom stereocenters. The number of benzene rings is 1. The van der Waals surface area contributed by atoms with Gasteiger partial charge in [-0.2, -0.15) is 0 Å². The molecule has 0 aromatic heterocycles. The van der Waals surface area contributed by atoms with Gasteiger partial charge in [-0.25, -0.2) is 13.1 Å². The predicted molar refractivity (Wildman–Crippen MR) is 72.8 cm³/mol. The standard InChI is InChI=1S/C12H18N2O4S/c1-14(9-8-13-19(3,16)17)12(15)10-6-4-5-7-11(10)18-2/h4-7,13H,8-9H2,1-3H3. The Bertz CT molecular complexity index is 542. The number of para-hydroxylation sites is 1. The van der Waals surface area contributed by atoms with E-state index in [0.717, 1.165) is 6.26 Å². The zero-order chi connectivity index (χ0) is 14.5. The second-order valence-corrected chi connectivity index (χ2v) is 5.93. The van der Waals surface area contributed by atoms with E-state index >= 15 is 0 Å². The number of hydrogen-bond acceptors (Lipinski definition) is 4. The number of methoxy groups -OCH3 is 1. The molecule has 106 valence electrons. The first-order valence-electron chi connectivity index (χ1n) is 5.68. The number of carbonyl (C=O) groups excluding carboxylic acids is 1. The Hall–Kier alpha value is -1.60. The zero-order valence-electron chi connectivity index (χ0n) is 11.2. The third kappa shape index (κ3) is 4.88. The number of rotatable bonds is 6. The van der Waals surface area contributed by atoms with Crippen molar-refractivity contribution in [2.24, 2.45) is 0 Å². The van der Waals surface area contributed by atoms with Crippen LogP contribution >= 0.6 is 0 Å². The van der Waals surface area contributed by atoms with Crippen molar-refractivity contribution in [3.05, 3.63) is 29.8 Å². The molecule has 0 aliphatic heterocycles. The average Bonchev–Trinajstić information content (AvgIpc) is 2.36. The Labute approximate surface area is 113 Å². The van der Waals surface area contributed by atoms with Gasteiger partial charge in [-0.05, 0) is 12.1 Å². The molecule has 0 saturated heterocycles. The Morgan fingerprint density at radius 2 is 2.00 bits per heavy atom. The highest BCUT2D eigenvalue weighted by atomic mass is 32.2. The lowest BCUT2D eigenvalue weighted by Gasteiger charge is -2.18. The fraction of sp³-hybridized carbons (Fsp3) is 0.417. The Morgan fingerprint density at radius 3 is 2.58 bits per heavy atom. The maximum Gasteiger partial charge on any atom is 0.257 e. The maximum absolute atomic E-state index is 12.1. The predicted octanol–water partition coefficient (Wildman–Crippen LogP) is 0.316. The molecular weight excluding hydrogens is 268 g/mol. The van der Waals surface area contributed by atoms with E-state index in [9.17, 15) is 13.2 Å². The van der Waals surface area contributed by atoms with Gasteiger partial charge in [0.05, 0.1) is 18.9 Å². The van der Waals surface area contributed by atoms with Crippen molar-refractivity contribution >= 4 is 15.9 Å². The van der Waals surface area contributed by atoms with E-state index < -0.39 is 10.0 Å². The van der Waals surface area contributed by atoms with E-state index in [2.05, 4.69) is 4.72 Å². The molecule has 0 radical (unpaired) electrons. The number of nitrogens with zero attached hydrogens (tertiary/aromatic N) is 1. The summed E-state index contributed by atoms with van der Waals surface area (Å²) in [7, 11) is -0.128. The van der Waals surface area contributed by atoms with Crippen LogP contribution in [-0.4, -0.2) is 52.7 Å². The van der Waals surface area contributed by atoms with E-state index in [1.807, 2.05) is 0 Å². The van der Waals surface area contributed by atoms with Gasteiger partial charge in [-0.3, -0.25) is 4.79 Å². The fourth-order valence-corrected chi connectivity index (χ4v) is 1.99. The normalized spacial score (nSPS) is 11.1. The molecule has 0 saturated carbocycles. The minimum absolute atomic E-state index is 0.177. The van der Waals surface area contributed by atoms with Crippen molar-refractivity contribution in [3.8, 4) is 5.75 Å². The molecule has 7 heteroatoms. The summed E-state index contributed by atoms with van der Waals surface area (Å²) in [6.45, 7) is 0.459. The van der Waals surface area contributed by atoms with Crippen LogP contribution in [0.15, 0.2) is 24.3 Å². The van der Waals surface area contributed by atoms with Gasteiger partial charge in [-0.1, -0.05) is 12.1 Å². The van der Waals surface area contributed by atoms with Gasteiger partial charge < -0.3 is 9.64 Å². The summed E-state index contributed by atoms with van der Waals surface area (Å²) in [4.78, 5) is 13.6. The smallest absolute Gasteiger partial charge is 0.257 e. The molecule has 1 aromatic rings. The summed E-state index contributed by atoms with van der Waals surface area (Å²) in [6, 6.07) is 6.90. The summed E-state index contributed by atoms with van der Waals surface area (Å²) in [5, 5.41) is 0. The number of hydrogen-bond donors (Lipinski definition) is 1. The Morgan fingerprint density at radius 1 is 1.37 bits per heavy atom. The van der Waals surface area contributed by atoms with E-state index in [1.165, 1.54) is 12.0 Å². The topological polar surface area (TPSA) is 75.7 Å². The average molecular weight is 286 g/mol. The maximum atomic E-state index is 12.1. The molecule has 1 amide bonds. The minimum atomic E-state index is -3.24. The number of sulfonamides is 1. The first-order chi connectivity index (χ1) is 8.85. The lowest BCUT2D eigenvalue weighted by molar-refractivity contribution is 0.0794. The van der Waals surface area contributed by atoms with Crippen LogP contribution in [0.25, 0.3) is 0 Å². The quantitative estimate of drug-likeness (QED) is 0.817. The third-order valence-electron chi connectivity index (χ3n) is 2.50. The van der Waals surface area contributed by atoms with Gasteiger partial charge in [0.1, 0.15) is 5.75 Å². The molecule has 0 aliphatic rings. The minimum Gasteiger partial charge on any atom is -0.496 e. The second kappa shape index (κ2) is 6.53. The molecule has 0 aliphatic carbocycles.